The van der Waals surface area contributed by atoms with Gasteiger partial charge in [-0.25, -0.2) is 0 Å². The van der Waals surface area contributed by atoms with Crippen LogP contribution in [0.5, 0.6) is 0 Å². The molecule has 3 rings (SSSR count). The molecule has 3 aliphatic rings. The molecule has 1 N–H and O–H groups in total. The molecule has 0 bridgehead atoms. The standard InChI is InChI=1S/C10H17NO/c1-4-10(5-1)9(8-2-3-8)11-6-7-12-10/h8-9,11H,1-7H2. The van der Waals surface area contributed by atoms with Crippen LogP contribution < -0.4 is 5.32 Å². The molecule has 0 amide bonds. The second kappa shape index (κ2) is 2.46. The third-order valence-corrected chi connectivity index (χ3v) is 3.72. The second-order valence-electron chi connectivity index (χ2n) is 4.54. The average molecular weight is 167 g/mol. The van der Waals surface area contributed by atoms with Crippen LogP contribution in [-0.4, -0.2) is 24.8 Å². The number of ether oxygens (including phenoxy) is 1. The van der Waals surface area contributed by atoms with Crippen LogP contribution in [0.3, 0.4) is 0 Å². The number of nitrogens with one attached hydrogen (secondary N) is 1. The van der Waals surface area contributed by atoms with Crippen molar-refractivity contribution < 1.29 is 4.74 Å². The van der Waals surface area contributed by atoms with Gasteiger partial charge in [0, 0.05) is 12.6 Å². The molecular weight excluding hydrogens is 150 g/mol. The van der Waals surface area contributed by atoms with Crippen molar-refractivity contribution in [2.75, 3.05) is 13.2 Å². The number of hydrogen-bond donors (Lipinski definition) is 1. The zero-order valence-corrected chi connectivity index (χ0v) is 7.51. The van der Waals surface area contributed by atoms with Gasteiger partial charge in [0.05, 0.1) is 12.2 Å². The summed E-state index contributed by atoms with van der Waals surface area (Å²) in [5.74, 6) is 0.950. The highest BCUT2D eigenvalue weighted by Gasteiger charge is 2.52. The monoisotopic (exact) mass is 167 g/mol. The lowest BCUT2D eigenvalue weighted by Gasteiger charge is -2.50. The first kappa shape index (κ1) is 7.34. The van der Waals surface area contributed by atoms with E-state index < -0.39 is 0 Å². The first-order valence-electron chi connectivity index (χ1n) is 5.28. The summed E-state index contributed by atoms with van der Waals surface area (Å²) in [4.78, 5) is 0. The molecule has 0 aromatic heterocycles. The van der Waals surface area contributed by atoms with Crippen LogP contribution in [0.2, 0.25) is 0 Å². The fourth-order valence-electron chi connectivity index (χ4n) is 2.75. The molecule has 1 spiro atoms. The Labute approximate surface area is 73.7 Å². The molecule has 1 aliphatic heterocycles. The minimum atomic E-state index is 0.291. The van der Waals surface area contributed by atoms with Crippen molar-refractivity contribution in [3.63, 3.8) is 0 Å². The SMILES string of the molecule is C1CC2(C1)OCCNC2C1CC1. The summed E-state index contributed by atoms with van der Waals surface area (Å²) in [7, 11) is 0. The number of morpholine rings is 1. The van der Waals surface area contributed by atoms with Crippen molar-refractivity contribution in [2.24, 2.45) is 5.92 Å². The highest BCUT2D eigenvalue weighted by Crippen LogP contribution is 2.48. The van der Waals surface area contributed by atoms with Gasteiger partial charge in [-0.15, -0.1) is 0 Å². The van der Waals surface area contributed by atoms with Crippen LogP contribution in [-0.2, 0) is 4.74 Å². The third-order valence-electron chi connectivity index (χ3n) is 3.72. The van der Waals surface area contributed by atoms with Crippen molar-refractivity contribution in [3.8, 4) is 0 Å². The van der Waals surface area contributed by atoms with Crippen LogP contribution >= 0.6 is 0 Å². The Morgan fingerprint density at radius 2 is 2.08 bits per heavy atom. The molecular formula is C10H17NO. The van der Waals surface area contributed by atoms with Crippen molar-refractivity contribution in [1.29, 1.82) is 0 Å². The van der Waals surface area contributed by atoms with E-state index in [0.29, 0.717) is 11.6 Å². The lowest BCUT2D eigenvalue weighted by Crippen LogP contribution is -2.62. The van der Waals surface area contributed by atoms with Gasteiger partial charge in [-0.3, -0.25) is 0 Å². The molecule has 1 saturated heterocycles. The van der Waals surface area contributed by atoms with E-state index in [0.717, 1.165) is 19.1 Å². The average Bonchev–Trinajstić information content (AvgIpc) is 2.84. The van der Waals surface area contributed by atoms with E-state index >= 15 is 0 Å². The van der Waals surface area contributed by atoms with E-state index in [1.165, 1.54) is 32.1 Å². The van der Waals surface area contributed by atoms with E-state index in [9.17, 15) is 0 Å². The summed E-state index contributed by atoms with van der Waals surface area (Å²) in [5.41, 5.74) is 0.291. The zero-order valence-electron chi connectivity index (χ0n) is 7.51. The van der Waals surface area contributed by atoms with Gasteiger partial charge in [-0.05, 0) is 38.0 Å². The minimum Gasteiger partial charge on any atom is -0.372 e. The topological polar surface area (TPSA) is 21.3 Å². The largest absolute Gasteiger partial charge is 0.372 e. The molecule has 3 fully saturated rings. The van der Waals surface area contributed by atoms with Gasteiger partial charge in [0.25, 0.3) is 0 Å². The first-order valence-corrected chi connectivity index (χ1v) is 5.28. The molecule has 1 atom stereocenters. The highest BCUT2D eigenvalue weighted by molar-refractivity contribution is 5.07. The molecule has 12 heavy (non-hydrogen) atoms. The Bertz CT molecular complexity index is 184. The van der Waals surface area contributed by atoms with E-state index in [-0.39, 0.29) is 0 Å². The minimum absolute atomic E-state index is 0.291. The van der Waals surface area contributed by atoms with Gasteiger partial charge in [0.15, 0.2) is 0 Å². The van der Waals surface area contributed by atoms with Gasteiger partial charge in [0.1, 0.15) is 0 Å². The summed E-state index contributed by atoms with van der Waals surface area (Å²) in [5, 5.41) is 3.65. The van der Waals surface area contributed by atoms with Crippen molar-refractivity contribution in [1.82, 2.24) is 5.32 Å². The van der Waals surface area contributed by atoms with Gasteiger partial charge in [-0.2, -0.15) is 0 Å². The number of hydrogen-bond acceptors (Lipinski definition) is 2. The molecule has 2 aliphatic carbocycles. The van der Waals surface area contributed by atoms with Crippen molar-refractivity contribution >= 4 is 0 Å². The predicted octanol–water partition coefficient (Wildman–Crippen LogP) is 1.31. The Hall–Kier alpha value is -0.0800. The summed E-state index contributed by atoms with van der Waals surface area (Å²) in [6.07, 6.45) is 6.86. The maximum Gasteiger partial charge on any atom is 0.0838 e. The second-order valence-corrected chi connectivity index (χ2v) is 4.54. The molecule has 0 aromatic rings. The van der Waals surface area contributed by atoms with Gasteiger partial charge in [-0.1, -0.05) is 0 Å². The van der Waals surface area contributed by atoms with Gasteiger partial charge in [0.2, 0.25) is 0 Å². The molecule has 2 nitrogen and oxygen atoms in total. The first-order chi connectivity index (χ1) is 5.91. The van der Waals surface area contributed by atoms with Crippen LogP contribution in [0.15, 0.2) is 0 Å². The quantitative estimate of drug-likeness (QED) is 0.635. The predicted molar refractivity (Wildman–Crippen MR) is 47.0 cm³/mol. The molecule has 2 saturated carbocycles. The smallest absolute Gasteiger partial charge is 0.0838 e. The summed E-state index contributed by atoms with van der Waals surface area (Å²) >= 11 is 0. The van der Waals surface area contributed by atoms with Crippen molar-refractivity contribution in [3.05, 3.63) is 0 Å². The lowest BCUT2D eigenvalue weighted by atomic mass is 9.72. The van der Waals surface area contributed by atoms with E-state index in [2.05, 4.69) is 5.32 Å². The highest BCUT2D eigenvalue weighted by atomic mass is 16.5. The molecule has 1 heterocycles. The van der Waals surface area contributed by atoms with Gasteiger partial charge >= 0.3 is 0 Å². The van der Waals surface area contributed by atoms with Crippen LogP contribution in [0.4, 0.5) is 0 Å². The normalized spacial score (nSPS) is 39.5. The van der Waals surface area contributed by atoms with Crippen LogP contribution in [0.25, 0.3) is 0 Å². The molecule has 68 valence electrons. The fraction of sp³-hybridized carbons (Fsp3) is 1.00. The molecule has 1 unspecified atom stereocenters. The third kappa shape index (κ3) is 0.944. The lowest BCUT2D eigenvalue weighted by molar-refractivity contribution is -0.148. The fourth-order valence-corrected chi connectivity index (χ4v) is 2.75. The zero-order chi connectivity index (χ0) is 8.02. The van der Waals surface area contributed by atoms with E-state index in [1.54, 1.807) is 0 Å². The Morgan fingerprint density at radius 1 is 1.25 bits per heavy atom. The van der Waals surface area contributed by atoms with Crippen LogP contribution in [0.1, 0.15) is 32.1 Å². The Morgan fingerprint density at radius 3 is 2.67 bits per heavy atom. The Kier molecular flexibility index (Phi) is 1.50. The number of rotatable bonds is 1. The van der Waals surface area contributed by atoms with E-state index in [1.807, 2.05) is 0 Å². The van der Waals surface area contributed by atoms with Gasteiger partial charge < -0.3 is 10.1 Å². The van der Waals surface area contributed by atoms with Crippen molar-refractivity contribution in [2.45, 2.75) is 43.7 Å². The molecule has 0 radical (unpaired) electrons. The van der Waals surface area contributed by atoms with E-state index in [4.69, 9.17) is 4.74 Å². The Balaban J connectivity index is 1.77. The molecule has 2 heteroatoms. The molecule has 0 aromatic carbocycles. The summed E-state index contributed by atoms with van der Waals surface area (Å²) < 4.78 is 5.95. The maximum absolute atomic E-state index is 5.95. The summed E-state index contributed by atoms with van der Waals surface area (Å²) in [6.45, 7) is 2.01. The van der Waals surface area contributed by atoms with Crippen LogP contribution in [0, 0.1) is 5.92 Å². The summed E-state index contributed by atoms with van der Waals surface area (Å²) in [6, 6.07) is 0.708. The maximum atomic E-state index is 5.95.